The van der Waals surface area contributed by atoms with E-state index in [9.17, 15) is 9.59 Å². The van der Waals surface area contributed by atoms with Gasteiger partial charge in [0.05, 0.1) is 6.42 Å². The highest BCUT2D eigenvalue weighted by molar-refractivity contribution is 6.30. The highest BCUT2D eigenvalue weighted by atomic mass is 35.5. The summed E-state index contributed by atoms with van der Waals surface area (Å²) in [6.45, 7) is 0.359. The Labute approximate surface area is 169 Å². The van der Waals surface area contributed by atoms with Crippen molar-refractivity contribution in [3.8, 4) is 0 Å². The van der Waals surface area contributed by atoms with Crippen LogP contribution < -0.4 is 5.32 Å². The van der Waals surface area contributed by atoms with Crippen LogP contribution in [0.5, 0.6) is 0 Å². The number of rotatable bonds is 7. The minimum Gasteiger partial charge on any atom is -0.447 e. The summed E-state index contributed by atoms with van der Waals surface area (Å²) in [6.07, 6.45) is -0.948. The van der Waals surface area contributed by atoms with Crippen molar-refractivity contribution in [3.63, 3.8) is 0 Å². The smallest absolute Gasteiger partial charge is 0.311 e. The van der Waals surface area contributed by atoms with Gasteiger partial charge in [0.25, 0.3) is 5.91 Å². The molecule has 4 nitrogen and oxygen atoms in total. The molecule has 0 aromatic heterocycles. The molecule has 0 radical (unpaired) electrons. The first-order valence-electron chi connectivity index (χ1n) is 8.92. The Kier molecular flexibility index (Phi) is 6.82. The highest BCUT2D eigenvalue weighted by Crippen LogP contribution is 2.19. The van der Waals surface area contributed by atoms with Crippen LogP contribution in [0, 0.1) is 0 Å². The van der Waals surface area contributed by atoms with E-state index in [1.54, 1.807) is 48.5 Å². The molecule has 3 aromatic carbocycles. The Bertz CT molecular complexity index is 912. The van der Waals surface area contributed by atoms with Crippen molar-refractivity contribution in [1.29, 1.82) is 0 Å². The summed E-state index contributed by atoms with van der Waals surface area (Å²) in [6, 6.07) is 25.5. The molecule has 0 fully saturated rings. The van der Waals surface area contributed by atoms with Crippen molar-refractivity contribution >= 4 is 23.5 Å². The molecule has 0 saturated heterocycles. The molecule has 0 aliphatic rings. The number of carbonyl (C=O) groups is 2. The van der Waals surface area contributed by atoms with E-state index in [1.165, 1.54) is 0 Å². The molecule has 0 heterocycles. The van der Waals surface area contributed by atoms with Gasteiger partial charge in [-0.05, 0) is 23.3 Å². The number of benzene rings is 3. The molecule has 0 aliphatic carbocycles. The fourth-order valence-corrected chi connectivity index (χ4v) is 2.85. The van der Waals surface area contributed by atoms with Crippen LogP contribution in [0.4, 0.5) is 0 Å². The SMILES string of the molecule is O=C(Cc1ccc(Cl)cc1)OC(C(=O)NCc1ccccc1)c1ccccc1. The van der Waals surface area contributed by atoms with Crippen molar-refractivity contribution in [1.82, 2.24) is 5.32 Å². The summed E-state index contributed by atoms with van der Waals surface area (Å²) in [5, 5.41) is 3.44. The first kappa shape index (κ1) is 19.6. The molecule has 1 amide bonds. The summed E-state index contributed by atoms with van der Waals surface area (Å²) in [5.41, 5.74) is 2.36. The van der Waals surface area contributed by atoms with Crippen molar-refractivity contribution in [2.24, 2.45) is 0 Å². The lowest BCUT2D eigenvalue weighted by atomic mass is 10.1. The zero-order chi connectivity index (χ0) is 19.8. The lowest BCUT2D eigenvalue weighted by Crippen LogP contribution is -2.32. The zero-order valence-electron chi connectivity index (χ0n) is 15.2. The maximum atomic E-state index is 12.7. The molecule has 1 unspecified atom stereocenters. The van der Waals surface area contributed by atoms with Gasteiger partial charge in [0.2, 0.25) is 6.10 Å². The molecular formula is C23H20ClNO3. The average molecular weight is 394 g/mol. The van der Waals surface area contributed by atoms with Crippen LogP contribution in [0.2, 0.25) is 5.02 Å². The van der Waals surface area contributed by atoms with Gasteiger partial charge < -0.3 is 10.1 Å². The number of amides is 1. The summed E-state index contributed by atoms with van der Waals surface area (Å²) in [7, 11) is 0. The van der Waals surface area contributed by atoms with Crippen molar-refractivity contribution in [2.75, 3.05) is 0 Å². The fourth-order valence-electron chi connectivity index (χ4n) is 2.72. The third-order valence-corrected chi connectivity index (χ3v) is 4.41. The molecule has 1 atom stereocenters. The minimum absolute atomic E-state index is 0.0620. The van der Waals surface area contributed by atoms with Crippen LogP contribution >= 0.6 is 11.6 Å². The Morgan fingerprint density at radius 2 is 1.43 bits per heavy atom. The second-order valence-electron chi connectivity index (χ2n) is 6.29. The number of nitrogens with one attached hydrogen (secondary N) is 1. The van der Waals surface area contributed by atoms with Crippen LogP contribution in [-0.4, -0.2) is 11.9 Å². The van der Waals surface area contributed by atoms with E-state index >= 15 is 0 Å². The van der Waals surface area contributed by atoms with E-state index in [0.29, 0.717) is 17.1 Å². The quantitative estimate of drug-likeness (QED) is 0.602. The van der Waals surface area contributed by atoms with Gasteiger partial charge in [-0.3, -0.25) is 9.59 Å². The first-order chi connectivity index (χ1) is 13.6. The van der Waals surface area contributed by atoms with Crippen molar-refractivity contribution in [2.45, 2.75) is 19.1 Å². The van der Waals surface area contributed by atoms with Gasteiger partial charge in [-0.1, -0.05) is 84.4 Å². The largest absolute Gasteiger partial charge is 0.447 e. The lowest BCUT2D eigenvalue weighted by molar-refractivity contribution is -0.155. The highest BCUT2D eigenvalue weighted by Gasteiger charge is 2.24. The number of esters is 1. The predicted octanol–water partition coefficient (Wildman–Crippen LogP) is 4.48. The average Bonchev–Trinajstić information content (AvgIpc) is 2.73. The normalized spacial score (nSPS) is 11.5. The van der Waals surface area contributed by atoms with E-state index in [4.69, 9.17) is 16.3 Å². The number of hydrogen-bond donors (Lipinski definition) is 1. The summed E-state index contributed by atoms with van der Waals surface area (Å²) in [4.78, 5) is 25.2. The van der Waals surface area contributed by atoms with Crippen LogP contribution in [0.25, 0.3) is 0 Å². The summed E-state index contributed by atoms with van der Waals surface area (Å²) >= 11 is 5.87. The standard InChI is InChI=1S/C23H20ClNO3/c24-20-13-11-17(12-14-20)15-21(26)28-22(19-9-5-2-6-10-19)23(27)25-16-18-7-3-1-4-8-18/h1-14,22H,15-16H2,(H,25,27). The Hall–Kier alpha value is -3.11. The van der Waals surface area contributed by atoms with Crippen LogP contribution in [-0.2, 0) is 27.3 Å². The number of hydrogen-bond acceptors (Lipinski definition) is 3. The van der Waals surface area contributed by atoms with Crippen LogP contribution in [0.15, 0.2) is 84.9 Å². The van der Waals surface area contributed by atoms with Gasteiger partial charge in [-0.15, -0.1) is 0 Å². The molecule has 0 aliphatic heterocycles. The van der Waals surface area contributed by atoms with Gasteiger partial charge >= 0.3 is 5.97 Å². The molecule has 0 bridgehead atoms. The van der Waals surface area contributed by atoms with Gasteiger partial charge in [0, 0.05) is 17.1 Å². The van der Waals surface area contributed by atoms with E-state index < -0.39 is 12.1 Å². The number of carbonyl (C=O) groups excluding carboxylic acids is 2. The third-order valence-electron chi connectivity index (χ3n) is 4.16. The molecule has 28 heavy (non-hydrogen) atoms. The van der Waals surface area contributed by atoms with Gasteiger partial charge in [-0.2, -0.15) is 0 Å². The third kappa shape index (κ3) is 5.69. The molecule has 142 valence electrons. The van der Waals surface area contributed by atoms with E-state index in [1.807, 2.05) is 36.4 Å². The van der Waals surface area contributed by atoms with Crippen LogP contribution in [0.3, 0.4) is 0 Å². The van der Waals surface area contributed by atoms with E-state index in [-0.39, 0.29) is 12.3 Å². The molecule has 0 saturated carbocycles. The van der Waals surface area contributed by atoms with Crippen molar-refractivity contribution in [3.05, 3.63) is 107 Å². The first-order valence-corrected chi connectivity index (χ1v) is 9.30. The molecule has 3 aromatic rings. The predicted molar refractivity (Wildman–Crippen MR) is 109 cm³/mol. The number of ether oxygens (including phenoxy) is 1. The summed E-state index contributed by atoms with van der Waals surface area (Å²) in [5.74, 6) is -0.842. The van der Waals surface area contributed by atoms with E-state index in [2.05, 4.69) is 5.32 Å². The second kappa shape index (κ2) is 9.72. The Morgan fingerprint density at radius 1 is 0.821 bits per heavy atom. The van der Waals surface area contributed by atoms with Gasteiger partial charge in [0.15, 0.2) is 0 Å². The van der Waals surface area contributed by atoms with Gasteiger partial charge in [0.1, 0.15) is 0 Å². The number of halogens is 1. The fraction of sp³-hybridized carbons (Fsp3) is 0.130. The molecule has 1 N–H and O–H groups in total. The summed E-state index contributed by atoms with van der Waals surface area (Å²) < 4.78 is 5.54. The second-order valence-corrected chi connectivity index (χ2v) is 6.72. The Balaban J connectivity index is 1.68. The Morgan fingerprint density at radius 3 is 2.07 bits per heavy atom. The monoisotopic (exact) mass is 393 g/mol. The lowest BCUT2D eigenvalue weighted by Gasteiger charge is -2.18. The maximum Gasteiger partial charge on any atom is 0.311 e. The molecule has 5 heteroatoms. The van der Waals surface area contributed by atoms with Crippen LogP contribution in [0.1, 0.15) is 22.8 Å². The van der Waals surface area contributed by atoms with Gasteiger partial charge in [-0.25, -0.2) is 0 Å². The van der Waals surface area contributed by atoms with E-state index in [0.717, 1.165) is 11.1 Å². The molecule has 3 rings (SSSR count). The topological polar surface area (TPSA) is 55.4 Å². The van der Waals surface area contributed by atoms with Crippen molar-refractivity contribution < 1.29 is 14.3 Å². The maximum absolute atomic E-state index is 12.7. The molecular weight excluding hydrogens is 374 g/mol. The molecule has 0 spiro atoms. The zero-order valence-corrected chi connectivity index (χ0v) is 15.9. The minimum atomic E-state index is -1.01.